The smallest absolute Gasteiger partial charge is 0.0758 e. The summed E-state index contributed by atoms with van der Waals surface area (Å²) in [6.45, 7) is 0.978. The van der Waals surface area contributed by atoms with Gasteiger partial charge in [0.05, 0.1) is 11.7 Å². The highest BCUT2D eigenvalue weighted by Crippen LogP contribution is 2.43. The van der Waals surface area contributed by atoms with Gasteiger partial charge in [0.15, 0.2) is 0 Å². The maximum Gasteiger partial charge on any atom is 0.0758 e. The average Bonchev–Trinajstić information content (AvgIpc) is 3.01. The topological polar surface area (TPSA) is 38.5 Å². The third-order valence-corrected chi connectivity index (χ3v) is 4.66. The van der Waals surface area contributed by atoms with Crippen LogP contribution in [0.4, 0.5) is 11.4 Å². The van der Waals surface area contributed by atoms with Crippen molar-refractivity contribution >= 4 is 11.4 Å². The van der Waals surface area contributed by atoms with Crippen molar-refractivity contribution in [3.63, 3.8) is 0 Å². The summed E-state index contributed by atoms with van der Waals surface area (Å²) in [7, 11) is 2.13. The molecule has 3 nitrogen and oxygen atoms in total. The molecule has 1 aromatic rings. The third-order valence-electron chi connectivity index (χ3n) is 4.66. The maximum absolute atomic E-state index is 6.36. The van der Waals surface area contributed by atoms with Crippen molar-refractivity contribution < 1.29 is 4.74 Å². The van der Waals surface area contributed by atoms with Gasteiger partial charge >= 0.3 is 0 Å². The van der Waals surface area contributed by atoms with Gasteiger partial charge in [-0.15, -0.1) is 0 Å². The number of benzene rings is 1. The SMILES string of the molecule is CN(CC1CCC2(CCCC2)O1)c1ccc(N)cc1. The normalized spacial score (nSPS) is 25.0. The van der Waals surface area contributed by atoms with E-state index >= 15 is 0 Å². The number of rotatable bonds is 3. The first-order valence-electron chi connectivity index (χ1n) is 7.41. The van der Waals surface area contributed by atoms with E-state index in [1.807, 2.05) is 12.1 Å². The number of nitrogens with two attached hydrogens (primary N) is 1. The van der Waals surface area contributed by atoms with Gasteiger partial charge in [0.25, 0.3) is 0 Å². The summed E-state index contributed by atoms with van der Waals surface area (Å²) in [5, 5.41) is 0. The third kappa shape index (κ3) is 2.71. The summed E-state index contributed by atoms with van der Waals surface area (Å²) in [6.07, 6.45) is 8.10. The Hall–Kier alpha value is -1.22. The highest BCUT2D eigenvalue weighted by Gasteiger charge is 2.42. The van der Waals surface area contributed by atoms with Gasteiger partial charge < -0.3 is 15.4 Å². The maximum atomic E-state index is 6.36. The Bertz CT molecular complexity index is 423. The second-order valence-corrected chi connectivity index (χ2v) is 6.14. The molecule has 3 heteroatoms. The van der Waals surface area contributed by atoms with E-state index in [4.69, 9.17) is 10.5 Å². The minimum atomic E-state index is 0.243. The zero-order valence-electron chi connectivity index (χ0n) is 11.8. The largest absolute Gasteiger partial charge is 0.399 e. The van der Waals surface area contributed by atoms with Gasteiger partial charge in [0.1, 0.15) is 0 Å². The molecule has 2 aliphatic rings. The molecule has 1 atom stereocenters. The first-order valence-corrected chi connectivity index (χ1v) is 7.41. The summed E-state index contributed by atoms with van der Waals surface area (Å²) in [5.41, 5.74) is 8.00. The van der Waals surface area contributed by atoms with E-state index in [-0.39, 0.29) is 5.60 Å². The van der Waals surface area contributed by atoms with Crippen LogP contribution in [0.1, 0.15) is 38.5 Å². The molecule has 1 saturated heterocycles. The summed E-state index contributed by atoms with van der Waals surface area (Å²) in [5.74, 6) is 0. The minimum Gasteiger partial charge on any atom is -0.399 e. The highest BCUT2D eigenvalue weighted by atomic mass is 16.5. The second kappa shape index (κ2) is 5.04. The van der Waals surface area contributed by atoms with Crippen molar-refractivity contribution in [2.75, 3.05) is 24.2 Å². The molecule has 19 heavy (non-hydrogen) atoms. The van der Waals surface area contributed by atoms with Crippen molar-refractivity contribution in [2.45, 2.75) is 50.2 Å². The first-order chi connectivity index (χ1) is 9.17. The number of nitrogen functional groups attached to an aromatic ring is 1. The molecule has 1 aromatic carbocycles. The number of nitrogens with zero attached hydrogens (tertiary/aromatic N) is 1. The lowest BCUT2D eigenvalue weighted by molar-refractivity contribution is -0.0324. The molecule has 2 fully saturated rings. The van der Waals surface area contributed by atoms with Crippen LogP contribution in [-0.2, 0) is 4.74 Å². The van der Waals surface area contributed by atoms with Crippen molar-refractivity contribution in [3.05, 3.63) is 24.3 Å². The van der Waals surface area contributed by atoms with Crippen LogP contribution in [0, 0.1) is 0 Å². The fourth-order valence-electron chi connectivity index (χ4n) is 3.55. The van der Waals surface area contributed by atoms with E-state index in [0.29, 0.717) is 6.10 Å². The van der Waals surface area contributed by atoms with Crippen LogP contribution in [0.25, 0.3) is 0 Å². The lowest BCUT2D eigenvalue weighted by atomic mass is 9.98. The molecule has 1 heterocycles. The second-order valence-electron chi connectivity index (χ2n) is 6.14. The van der Waals surface area contributed by atoms with Gasteiger partial charge in [0, 0.05) is 25.0 Å². The Kier molecular flexibility index (Phi) is 3.40. The molecule has 0 amide bonds. The van der Waals surface area contributed by atoms with E-state index in [2.05, 4.69) is 24.1 Å². The molecule has 1 aliphatic heterocycles. The van der Waals surface area contributed by atoms with Gasteiger partial charge in [-0.3, -0.25) is 0 Å². The fourth-order valence-corrected chi connectivity index (χ4v) is 3.55. The minimum absolute atomic E-state index is 0.243. The molecule has 104 valence electrons. The molecule has 2 N–H and O–H groups in total. The van der Waals surface area contributed by atoms with E-state index < -0.39 is 0 Å². The molecular formula is C16H24N2O. The van der Waals surface area contributed by atoms with Crippen LogP contribution in [0.3, 0.4) is 0 Å². The molecule has 1 saturated carbocycles. The van der Waals surface area contributed by atoms with Crippen LogP contribution in [0.15, 0.2) is 24.3 Å². The van der Waals surface area contributed by atoms with Crippen molar-refractivity contribution in [1.29, 1.82) is 0 Å². The van der Waals surface area contributed by atoms with Crippen LogP contribution in [-0.4, -0.2) is 25.3 Å². The number of anilines is 2. The Morgan fingerprint density at radius 2 is 1.89 bits per heavy atom. The summed E-state index contributed by atoms with van der Waals surface area (Å²) < 4.78 is 6.36. The van der Waals surface area contributed by atoms with E-state index in [0.717, 1.165) is 12.2 Å². The van der Waals surface area contributed by atoms with Gasteiger partial charge in [0.2, 0.25) is 0 Å². The molecule has 0 aromatic heterocycles. The number of hydrogen-bond donors (Lipinski definition) is 1. The quantitative estimate of drug-likeness (QED) is 0.848. The van der Waals surface area contributed by atoms with Crippen LogP contribution in [0.5, 0.6) is 0 Å². The summed E-state index contributed by atoms with van der Waals surface area (Å²) in [6, 6.07) is 8.07. The fraction of sp³-hybridized carbons (Fsp3) is 0.625. The molecular weight excluding hydrogens is 236 g/mol. The van der Waals surface area contributed by atoms with Gasteiger partial charge in [-0.2, -0.15) is 0 Å². The first kappa shape index (κ1) is 12.8. The number of hydrogen-bond acceptors (Lipinski definition) is 3. The Morgan fingerprint density at radius 3 is 2.58 bits per heavy atom. The van der Waals surface area contributed by atoms with Gasteiger partial charge in [-0.25, -0.2) is 0 Å². The Morgan fingerprint density at radius 1 is 1.21 bits per heavy atom. The van der Waals surface area contributed by atoms with Crippen molar-refractivity contribution in [3.8, 4) is 0 Å². The highest BCUT2D eigenvalue weighted by molar-refractivity contribution is 5.52. The van der Waals surface area contributed by atoms with Crippen LogP contribution in [0.2, 0.25) is 0 Å². The van der Waals surface area contributed by atoms with Crippen LogP contribution < -0.4 is 10.6 Å². The standard InChI is InChI=1S/C16H24N2O/c1-18(14-6-4-13(17)5-7-14)12-15-8-11-16(19-15)9-2-3-10-16/h4-7,15H,2-3,8-12,17H2,1H3. The van der Waals surface area contributed by atoms with Gasteiger partial charge in [-0.05, 0) is 49.9 Å². The zero-order chi connectivity index (χ0) is 13.3. The molecule has 1 spiro atoms. The monoisotopic (exact) mass is 260 g/mol. The van der Waals surface area contributed by atoms with Crippen molar-refractivity contribution in [2.24, 2.45) is 0 Å². The summed E-state index contributed by atoms with van der Waals surface area (Å²) in [4.78, 5) is 2.28. The molecule has 1 unspecified atom stereocenters. The van der Waals surface area contributed by atoms with Crippen molar-refractivity contribution in [1.82, 2.24) is 0 Å². The lowest BCUT2D eigenvalue weighted by Crippen LogP contribution is -2.32. The number of ether oxygens (including phenoxy) is 1. The van der Waals surface area contributed by atoms with E-state index in [1.54, 1.807) is 0 Å². The molecule has 3 rings (SSSR count). The van der Waals surface area contributed by atoms with E-state index in [9.17, 15) is 0 Å². The number of likely N-dealkylation sites (N-methyl/N-ethyl adjacent to an activating group) is 1. The zero-order valence-corrected chi connectivity index (χ0v) is 11.8. The lowest BCUT2D eigenvalue weighted by Gasteiger charge is -2.27. The predicted molar refractivity (Wildman–Crippen MR) is 79.4 cm³/mol. The average molecular weight is 260 g/mol. The van der Waals surface area contributed by atoms with Crippen LogP contribution >= 0.6 is 0 Å². The predicted octanol–water partition coefficient (Wildman–Crippen LogP) is 3.20. The molecule has 0 bridgehead atoms. The van der Waals surface area contributed by atoms with Gasteiger partial charge in [-0.1, -0.05) is 12.8 Å². The molecule has 0 radical (unpaired) electrons. The van der Waals surface area contributed by atoms with E-state index in [1.165, 1.54) is 44.2 Å². The Labute approximate surface area is 115 Å². The summed E-state index contributed by atoms with van der Waals surface area (Å²) >= 11 is 0. The molecule has 1 aliphatic carbocycles. The Balaban J connectivity index is 1.58.